The number of aromatic nitrogens is 1. The van der Waals surface area contributed by atoms with Crippen molar-refractivity contribution in [2.24, 2.45) is 0 Å². The Morgan fingerprint density at radius 1 is 1.24 bits per heavy atom. The van der Waals surface area contributed by atoms with Crippen molar-refractivity contribution in [1.29, 1.82) is 0 Å². The van der Waals surface area contributed by atoms with Gasteiger partial charge in [0.2, 0.25) is 0 Å². The SMILES string of the molecule is CCC(CC)N(CCBr)C(=O)c1nccc2ccccc12. The number of carbonyl (C=O) groups excluding carboxylic acids is 1. The van der Waals surface area contributed by atoms with E-state index < -0.39 is 0 Å². The third-order valence-corrected chi connectivity index (χ3v) is 4.20. The molecular formula is C17H21BrN2O. The first-order valence-electron chi connectivity index (χ1n) is 7.43. The molecule has 0 aliphatic heterocycles. The van der Waals surface area contributed by atoms with E-state index in [2.05, 4.69) is 34.8 Å². The zero-order valence-electron chi connectivity index (χ0n) is 12.6. The highest BCUT2D eigenvalue weighted by atomic mass is 79.9. The minimum atomic E-state index is 0.0277. The van der Waals surface area contributed by atoms with E-state index in [4.69, 9.17) is 0 Å². The lowest BCUT2D eigenvalue weighted by molar-refractivity contribution is 0.0679. The zero-order valence-corrected chi connectivity index (χ0v) is 14.1. The number of amides is 1. The van der Waals surface area contributed by atoms with Gasteiger partial charge >= 0.3 is 0 Å². The summed E-state index contributed by atoms with van der Waals surface area (Å²) in [5, 5.41) is 2.76. The van der Waals surface area contributed by atoms with Crippen LogP contribution in [0.1, 0.15) is 37.2 Å². The monoisotopic (exact) mass is 348 g/mol. The largest absolute Gasteiger partial charge is 0.333 e. The lowest BCUT2D eigenvalue weighted by atomic mass is 10.1. The first kappa shape index (κ1) is 16.0. The van der Waals surface area contributed by atoms with E-state index in [0.717, 1.165) is 28.9 Å². The van der Waals surface area contributed by atoms with Crippen molar-refractivity contribution in [2.75, 3.05) is 11.9 Å². The van der Waals surface area contributed by atoms with Gasteiger partial charge in [-0.15, -0.1) is 0 Å². The van der Waals surface area contributed by atoms with Gasteiger partial charge in [0.1, 0.15) is 5.69 Å². The molecule has 0 N–H and O–H groups in total. The molecule has 1 aromatic heterocycles. The number of pyridine rings is 1. The Bertz CT molecular complexity index is 605. The first-order valence-corrected chi connectivity index (χ1v) is 8.55. The van der Waals surface area contributed by atoms with Gasteiger partial charge in [-0.2, -0.15) is 0 Å². The second-order valence-electron chi connectivity index (χ2n) is 5.04. The summed E-state index contributed by atoms with van der Waals surface area (Å²) in [6.45, 7) is 4.95. The fraction of sp³-hybridized carbons (Fsp3) is 0.412. The van der Waals surface area contributed by atoms with Crippen LogP contribution in [-0.2, 0) is 0 Å². The molecule has 1 aromatic carbocycles. The van der Waals surface area contributed by atoms with Crippen molar-refractivity contribution in [3.05, 3.63) is 42.2 Å². The van der Waals surface area contributed by atoms with Gasteiger partial charge in [0, 0.05) is 29.5 Å². The number of halogens is 1. The van der Waals surface area contributed by atoms with Crippen LogP contribution in [-0.4, -0.2) is 33.7 Å². The quantitative estimate of drug-likeness (QED) is 0.730. The number of nitrogens with zero attached hydrogens (tertiary/aromatic N) is 2. The molecular weight excluding hydrogens is 328 g/mol. The van der Waals surface area contributed by atoms with Crippen LogP contribution in [0.5, 0.6) is 0 Å². The maximum atomic E-state index is 13.0. The standard InChI is InChI=1S/C17H21BrN2O/c1-3-14(4-2)20(12-10-18)17(21)16-15-8-6-5-7-13(15)9-11-19-16/h5-9,11,14H,3-4,10,12H2,1-2H3. The number of hydrogen-bond acceptors (Lipinski definition) is 2. The predicted octanol–water partition coefficient (Wildman–Crippen LogP) is 4.26. The van der Waals surface area contributed by atoms with Crippen molar-refractivity contribution in [2.45, 2.75) is 32.7 Å². The number of fused-ring (bicyclic) bond motifs is 1. The summed E-state index contributed by atoms with van der Waals surface area (Å²) in [4.78, 5) is 19.3. The average molecular weight is 349 g/mol. The van der Waals surface area contributed by atoms with Gasteiger partial charge < -0.3 is 4.90 Å². The van der Waals surface area contributed by atoms with Crippen LogP contribution in [0.25, 0.3) is 10.8 Å². The number of benzene rings is 1. The van der Waals surface area contributed by atoms with Gasteiger partial charge in [-0.05, 0) is 24.3 Å². The van der Waals surface area contributed by atoms with E-state index in [1.165, 1.54) is 0 Å². The molecule has 0 atom stereocenters. The second kappa shape index (κ2) is 7.55. The molecule has 0 spiro atoms. The normalized spacial score (nSPS) is 11.0. The molecule has 3 nitrogen and oxygen atoms in total. The van der Waals surface area contributed by atoms with Crippen LogP contribution in [0.3, 0.4) is 0 Å². The van der Waals surface area contributed by atoms with Gasteiger partial charge in [-0.1, -0.05) is 54.0 Å². The van der Waals surface area contributed by atoms with Gasteiger partial charge in [0.15, 0.2) is 0 Å². The highest BCUT2D eigenvalue weighted by Crippen LogP contribution is 2.20. The molecule has 0 unspecified atom stereocenters. The Balaban J connectivity index is 2.43. The summed E-state index contributed by atoms with van der Waals surface area (Å²) in [5.41, 5.74) is 0.556. The molecule has 0 saturated heterocycles. The predicted molar refractivity (Wildman–Crippen MR) is 90.9 cm³/mol. The highest BCUT2D eigenvalue weighted by Gasteiger charge is 2.24. The minimum absolute atomic E-state index is 0.0277. The van der Waals surface area contributed by atoms with Gasteiger partial charge in [0.25, 0.3) is 5.91 Å². The lowest BCUT2D eigenvalue weighted by Crippen LogP contribution is -2.41. The van der Waals surface area contributed by atoms with E-state index in [0.29, 0.717) is 12.2 Å². The molecule has 2 aromatic rings. The molecule has 21 heavy (non-hydrogen) atoms. The van der Waals surface area contributed by atoms with Crippen molar-refractivity contribution in [3.63, 3.8) is 0 Å². The summed E-state index contributed by atoms with van der Waals surface area (Å²) in [5.74, 6) is 0.0277. The summed E-state index contributed by atoms with van der Waals surface area (Å²) in [6, 6.07) is 10.1. The zero-order chi connectivity index (χ0) is 15.2. The summed E-state index contributed by atoms with van der Waals surface area (Å²) in [7, 11) is 0. The fourth-order valence-corrected chi connectivity index (χ4v) is 3.08. The maximum absolute atomic E-state index is 13.0. The molecule has 0 fully saturated rings. The number of carbonyl (C=O) groups is 1. The van der Waals surface area contributed by atoms with Crippen LogP contribution < -0.4 is 0 Å². The summed E-state index contributed by atoms with van der Waals surface area (Å²) in [6.07, 6.45) is 3.63. The first-order chi connectivity index (χ1) is 10.2. The molecule has 0 radical (unpaired) electrons. The molecule has 0 aliphatic carbocycles. The molecule has 1 heterocycles. The summed E-state index contributed by atoms with van der Waals surface area (Å²) < 4.78 is 0. The van der Waals surface area contributed by atoms with E-state index in [1.807, 2.05) is 35.2 Å². The molecule has 2 rings (SSSR count). The van der Waals surface area contributed by atoms with Gasteiger partial charge in [0.05, 0.1) is 0 Å². The molecule has 4 heteroatoms. The lowest BCUT2D eigenvalue weighted by Gasteiger charge is -2.30. The number of rotatable bonds is 6. The van der Waals surface area contributed by atoms with Crippen LogP contribution in [0.4, 0.5) is 0 Å². The third kappa shape index (κ3) is 3.43. The van der Waals surface area contributed by atoms with Crippen LogP contribution in [0.15, 0.2) is 36.5 Å². The average Bonchev–Trinajstić information content (AvgIpc) is 2.54. The molecule has 0 bridgehead atoms. The highest BCUT2D eigenvalue weighted by molar-refractivity contribution is 9.09. The minimum Gasteiger partial charge on any atom is -0.333 e. The van der Waals surface area contributed by atoms with Crippen molar-refractivity contribution >= 4 is 32.6 Å². The van der Waals surface area contributed by atoms with E-state index in [9.17, 15) is 4.79 Å². The van der Waals surface area contributed by atoms with Crippen molar-refractivity contribution in [3.8, 4) is 0 Å². The summed E-state index contributed by atoms with van der Waals surface area (Å²) >= 11 is 3.45. The Hall–Kier alpha value is -1.42. The van der Waals surface area contributed by atoms with Crippen molar-refractivity contribution < 1.29 is 4.79 Å². The maximum Gasteiger partial charge on any atom is 0.273 e. The Kier molecular flexibility index (Phi) is 5.74. The Labute approximate surface area is 134 Å². The van der Waals surface area contributed by atoms with E-state index in [-0.39, 0.29) is 11.9 Å². The fourth-order valence-electron chi connectivity index (χ4n) is 2.70. The van der Waals surface area contributed by atoms with Crippen LogP contribution in [0, 0.1) is 0 Å². The van der Waals surface area contributed by atoms with Crippen molar-refractivity contribution in [1.82, 2.24) is 9.88 Å². The van der Waals surface area contributed by atoms with Crippen LogP contribution in [0.2, 0.25) is 0 Å². The van der Waals surface area contributed by atoms with Gasteiger partial charge in [-0.25, -0.2) is 0 Å². The molecule has 0 saturated carbocycles. The number of hydrogen-bond donors (Lipinski definition) is 0. The number of alkyl halides is 1. The smallest absolute Gasteiger partial charge is 0.273 e. The Morgan fingerprint density at radius 3 is 2.62 bits per heavy atom. The molecule has 1 amide bonds. The second-order valence-corrected chi connectivity index (χ2v) is 5.83. The van der Waals surface area contributed by atoms with E-state index >= 15 is 0 Å². The van der Waals surface area contributed by atoms with Crippen LogP contribution >= 0.6 is 15.9 Å². The topological polar surface area (TPSA) is 33.2 Å². The van der Waals surface area contributed by atoms with Gasteiger partial charge in [-0.3, -0.25) is 9.78 Å². The molecule has 112 valence electrons. The Morgan fingerprint density at radius 2 is 1.95 bits per heavy atom. The third-order valence-electron chi connectivity index (χ3n) is 3.85. The molecule has 0 aliphatic rings. The van der Waals surface area contributed by atoms with E-state index in [1.54, 1.807) is 6.20 Å².